The van der Waals surface area contributed by atoms with E-state index in [-0.39, 0.29) is 17.7 Å². The molecule has 33 heavy (non-hydrogen) atoms. The highest BCUT2D eigenvalue weighted by atomic mass is 35.5. The molecule has 2 atom stereocenters. The molecule has 8 nitrogen and oxygen atoms in total. The Morgan fingerprint density at radius 2 is 1.85 bits per heavy atom. The average Bonchev–Trinajstić information content (AvgIpc) is 3.22. The van der Waals surface area contributed by atoms with E-state index >= 15 is 0 Å². The van der Waals surface area contributed by atoms with Gasteiger partial charge in [-0.05, 0) is 61.2 Å². The zero-order valence-electron chi connectivity index (χ0n) is 18.4. The fourth-order valence-corrected chi connectivity index (χ4v) is 3.50. The van der Waals surface area contributed by atoms with E-state index in [1.165, 1.54) is 12.3 Å². The summed E-state index contributed by atoms with van der Waals surface area (Å²) in [4.78, 5) is 25.4. The monoisotopic (exact) mass is 493 g/mol. The van der Waals surface area contributed by atoms with Gasteiger partial charge in [-0.2, -0.15) is 5.10 Å². The Bertz CT molecular complexity index is 1040. The molecule has 1 aliphatic rings. The number of fused-ring (bicyclic) bond motifs is 1. The first-order valence-electron chi connectivity index (χ1n) is 10.4. The molecule has 176 valence electrons. The second kappa shape index (κ2) is 11.2. The SMILES string of the molecule is CC(C)C[C@H](NC(=O)[C@@H](C)Oc1ccc(Cl)cc1Cl)C(=O)N/N=C\c1ccc2c(c1)OCO2. The number of ether oxygens (including phenoxy) is 3. The van der Waals surface area contributed by atoms with Crippen LogP contribution in [0.25, 0.3) is 0 Å². The van der Waals surface area contributed by atoms with Crippen LogP contribution in [0.2, 0.25) is 10.0 Å². The fraction of sp³-hybridized carbons (Fsp3) is 0.348. The second-order valence-electron chi connectivity index (χ2n) is 7.87. The molecule has 0 radical (unpaired) electrons. The predicted octanol–water partition coefficient (Wildman–Crippen LogP) is 4.17. The first-order chi connectivity index (χ1) is 15.7. The maximum atomic E-state index is 12.7. The van der Waals surface area contributed by atoms with Crippen LogP contribution in [0, 0.1) is 5.92 Å². The zero-order valence-corrected chi connectivity index (χ0v) is 19.9. The summed E-state index contributed by atoms with van der Waals surface area (Å²) >= 11 is 12.0. The lowest BCUT2D eigenvalue weighted by atomic mass is 10.0. The first-order valence-corrected chi connectivity index (χ1v) is 11.1. The van der Waals surface area contributed by atoms with Crippen molar-refractivity contribution in [3.05, 3.63) is 52.0 Å². The molecule has 3 rings (SSSR count). The molecule has 2 amide bonds. The van der Waals surface area contributed by atoms with Crippen LogP contribution in [0.5, 0.6) is 17.2 Å². The van der Waals surface area contributed by atoms with Crippen LogP contribution in [0.4, 0.5) is 0 Å². The molecule has 1 aliphatic heterocycles. The van der Waals surface area contributed by atoms with Crippen molar-refractivity contribution in [3.8, 4) is 17.2 Å². The Morgan fingerprint density at radius 3 is 2.58 bits per heavy atom. The number of halogens is 2. The van der Waals surface area contributed by atoms with Gasteiger partial charge in [0.15, 0.2) is 17.6 Å². The lowest BCUT2D eigenvalue weighted by Gasteiger charge is -2.22. The number of nitrogens with one attached hydrogen (secondary N) is 2. The number of hydrogen-bond acceptors (Lipinski definition) is 6. The van der Waals surface area contributed by atoms with Crippen molar-refractivity contribution < 1.29 is 23.8 Å². The number of hydrazone groups is 1. The zero-order chi connectivity index (χ0) is 24.0. The minimum atomic E-state index is -0.886. The normalized spacial score (nSPS) is 14.2. The molecule has 0 aromatic heterocycles. The van der Waals surface area contributed by atoms with E-state index in [0.717, 1.165) is 5.56 Å². The van der Waals surface area contributed by atoms with Crippen molar-refractivity contribution in [2.24, 2.45) is 11.0 Å². The average molecular weight is 494 g/mol. The van der Waals surface area contributed by atoms with Gasteiger partial charge >= 0.3 is 0 Å². The number of nitrogens with zero attached hydrogens (tertiary/aromatic N) is 1. The van der Waals surface area contributed by atoms with Crippen LogP contribution in [0.15, 0.2) is 41.5 Å². The molecule has 0 saturated carbocycles. The molecular weight excluding hydrogens is 469 g/mol. The largest absolute Gasteiger partial charge is 0.479 e. The molecule has 0 saturated heterocycles. The molecule has 0 spiro atoms. The Kier molecular flexibility index (Phi) is 8.41. The summed E-state index contributed by atoms with van der Waals surface area (Å²) in [5.74, 6) is 0.854. The van der Waals surface area contributed by atoms with Gasteiger partial charge in [-0.25, -0.2) is 5.43 Å². The highest BCUT2D eigenvalue weighted by Gasteiger charge is 2.25. The Balaban J connectivity index is 1.59. The summed E-state index contributed by atoms with van der Waals surface area (Å²) < 4.78 is 16.2. The molecule has 0 bridgehead atoms. The predicted molar refractivity (Wildman–Crippen MR) is 126 cm³/mol. The third-order valence-electron chi connectivity index (χ3n) is 4.69. The van der Waals surface area contributed by atoms with Gasteiger partial charge in [0.2, 0.25) is 6.79 Å². The lowest BCUT2D eigenvalue weighted by molar-refractivity contribution is -0.132. The second-order valence-corrected chi connectivity index (χ2v) is 8.72. The summed E-state index contributed by atoms with van der Waals surface area (Å²) in [5, 5.41) is 7.47. The third kappa shape index (κ3) is 7.00. The van der Waals surface area contributed by atoms with Gasteiger partial charge in [0, 0.05) is 5.02 Å². The molecule has 0 unspecified atom stereocenters. The fourth-order valence-electron chi connectivity index (χ4n) is 3.05. The topological polar surface area (TPSA) is 98.2 Å². The van der Waals surface area contributed by atoms with Crippen LogP contribution in [0.3, 0.4) is 0 Å². The van der Waals surface area contributed by atoms with E-state index in [2.05, 4.69) is 15.8 Å². The van der Waals surface area contributed by atoms with Gasteiger partial charge < -0.3 is 19.5 Å². The molecule has 1 heterocycles. The van der Waals surface area contributed by atoms with Crippen molar-refractivity contribution in [2.45, 2.75) is 39.3 Å². The molecule has 10 heteroatoms. The van der Waals surface area contributed by atoms with Gasteiger partial charge in [-0.15, -0.1) is 0 Å². The van der Waals surface area contributed by atoms with E-state index in [9.17, 15) is 9.59 Å². The maximum Gasteiger partial charge on any atom is 0.262 e. The number of benzene rings is 2. The van der Waals surface area contributed by atoms with Crippen molar-refractivity contribution in [3.63, 3.8) is 0 Å². The third-order valence-corrected chi connectivity index (χ3v) is 5.22. The number of carbonyl (C=O) groups excluding carboxylic acids is 2. The number of amides is 2. The molecule has 2 aromatic rings. The molecule has 2 N–H and O–H groups in total. The highest BCUT2D eigenvalue weighted by Crippen LogP contribution is 2.32. The number of rotatable bonds is 9. The van der Waals surface area contributed by atoms with Gasteiger partial charge in [0.1, 0.15) is 11.8 Å². The van der Waals surface area contributed by atoms with Gasteiger partial charge in [0.05, 0.1) is 11.2 Å². The van der Waals surface area contributed by atoms with Crippen LogP contribution >= 0.6 is 23.2 Å². The lowest BCUT2D eigenvalue weighted by Crippen LogP contribution is -2.49. The summed E-state index contributed by atoms with van der Waals surface area (Å²) in [7, 11) is 0. The number of carbonyl (C=O) groups is 2. The maximum absolute atomic E-state index is 12.7. The standard InChI is InChI=1S/C23H25Cl2N3O5/c1-13(2)8-18(27-22(29)14(3)33-19-7-5-16(24)10-17(19)25)23(30)28-26-11-15-4-6-20-21(9-15)32-12-31-20/h4-7,9-11,13-14,18H,8,12H2,1-3H3,(H,27,29)(H,28,30)/b26-11-/t14-,18+/m1/s1. The molecule has 0 aliphatic carbocycles. The van der Waals surface area contributed by atoms with Gasteiger partial charge in [-0.1, -0.05) is 37.0 Å². The van der Waals surface area contributed by atoms with E-state index in [4.69, 9.17) is 37.4 Å². The summed E-state index contributed by atoms with van der Waals surface area (Å²) in [6, 6.07) is 9.23. The minimum absolute atomic E-state index is 0.154. The van der Waals surface area contributed by atoms with Crippen LogP contribution < -0.4 is 25.0 Å². The van der Waals surface area contributed by atoms with Crippen LogP contribution in [-0.2, 0) is 9.59 Å². The summed E-state index contributed by atoms with van der Waals surface area (Å²) in [6.45, 7) is 5.66. The van der Waals surface area contributed by atoms with Crippen molar-refractivity contribution in [1.82, 2.24) is 10.7 Å². The highest BCUT2D eigenvalue weighted by molar-refractivity contribution is 6.35. The molecule has 0 fully saturated rings. The van der Waals surface area contributed by atoms with Gasteiger partial charge in [0.25, 0.3) is 11.8 Å². The van der Waals surface area contributed by atoms with E-state index in [1.807, 2.05) is 13.8 Å². The Hall–Kier alpha value is -2.97. The van der Waals surface area contributed by atoms with E-state index < -0.39 is 24.0 Å². The summed E-state index contributed by atoms with van der Waals surface area (Å²) in [6.07, 6.45) is 1.02. The Morgan fingerprint density at radius 1 is 1.09 bits per heavy atom. The smallest absolute Gasteiger partial charge is 0.262 e. The van der Waals surface area contributed by atoms with Crippen LogP contribution in [0.1, 0.15) is 32.8 Å². The molecular formula is C23H25Cl2N3O5. The van der Waals surface area contributed by atoms with Crippen LogP contribution in [-0.4, -0.2) is 37.0 Å². The quantitative estimate of drug-likeness (QED) is 0.403. The van der Waals surface area contributed by atoms with Crippen molar-refractivity contribution in [1.29, 1.82) is 0 Å². The number of hydrogen-bond donors (Lipinski definition) is 2. The Labute approximate surface area is 202 Å². The van der Waals surface area contributed by atoms with E-state index in [0.29, 0.717) is 28.7 Å². The van der Waals surface area contributed by atoms with E-state index in [1.54, 1.807) is 37.3 Å². The molecule has 2 aromatic carbocycles. The van der Waals surface area contributed by atoms with Crippen molar-refractivity contribution >= 4 is 41.2 Å². The first kappa shape index (κ1) is 24.7. The minimum Gasteiger partial charge on any atom is -0.479 e. The van der Waals surface area contributed by atoms with Gasteiger partial charge in [-0.3, -0.25) is 9.59 Å². The summed E-state index contributed by atoms with van der Waals surface area (Å²) in [5.41, 5.74) is 3.21. The van der Waals surface area contributed by atoms with Crippen molar-refractivity contribution in [2.75, 3.05) is 6.79 Å².